The minimum Gasteiger partial charge on any atom is -0.293 e. The fraction of sp³-hybridized carbons (Fsp3) is 0.240. The second-order valence-electron chi connectivity index (χ2n) is 8.08. The van der Waals surface area contributed by atoms with Gasteiger partial charge in [0, 0.05) is 24.8 Å². The van der Waals surface area contributed by atoms with Gasteiger partial charge in [0.2, 0.25) is 10.0 Å². The van der Waals surface area contributed by atoms with Gasteiger partial charge in [-0.1, -0.05) is 62.0 Å². The number of aromatic nitrogens is 3. The molecule has 1 aliphatic rings. The van der Waals surface area contributed by atoms with Crippen molar-refractivity contribution in [1.82, 2.24) is 18.9 Å². The summed E-state index contributed by atoms with van der Waals surface area (Å²) in [5.41, 5.74) is 6.00. The van der Waals surface area contributed by atoms with Gasteiger partial charge in [0.1, 0.15) is 0 Å². The van der Waals surface area contributed by atoms with Crippen LogP contribution in [0.5, 0.6) is 0 Å². The Morgan fingerprint density at radius 2 is 1.76 bits per heavy atom. The second kappa shape index (κ2) is 8.98. The number of Topliss-reactive ketones (excluding diaryl/α,β-unsaturated/α-hetero) is 1. The van der Waals surface area contributed by atoms with E-state index in [-0.39, 0.29) is 16.4 Å². The second-order valence-corrected chi connectivity index (χ2v) is 11.0. The van der Waals surface area contributed by atoms with Crippen LogP contribution in [0.1, 0.15) is 35.3 Å². The monoisotopic (exact) mass is 492 g/mol. The first-order valence-electron chi connectivity index (χ1n) is 11.1. The number of pyridine rings is 1. The number of hydrogen-bond donors (Lipinski definition) is 0. The number of benzene rings is 2. The lowest BCUT2D eigenvalue weighted by Crippen LogP contribution is -2.30. The summed E-state index contributed by atoms with van der Waals surface area (Å²) in [5, 5.41) is 8.77. The van der Waals surface area contributed by atoms with Gasteiger partial charge in [-0.3, -0.25) is 9.20 Å². The highest BCUT2D eigenvalue weighted by molar-refractivity contribution is 7.99. The first kappa shape index (κ1) is 22.8. The van der Waals surface area contributed by atoms with Crippen LogP contribution in [0.25, 0.3) is 16.8 Å². The highest BCUT2D eigenvalue weighted by Crippen LogP contribution is 2.37. The number of fused-ring (bicyclic) bond motifs is 4. The molecule has 0 atom stereocenters. The molecule has 1 aliphatic carbocycles. The minimum atomic E-state index is -3.61. The van der Waals surface area contributed by atoms with Crippen molar-refractivity contribution in [1.29, 1.82) is 0 Å². The first-order chi connectivity index (χ1) is 16.4. The predicted octanol–water partition coefficient (Wildman–Crippen LogP) is 4.31. The molecular formula is C25H24N4O3S2. The van der Waals surface area contributed by atoms with Gasteiger partial charge in [-0.15, -0.1) is 10.2 Å². The molecule has 0 aliphatic heterocycles. The Kier molecular flexibility index (Phi) is 6.01. The number of hydrogen-bond acceptors (Lipinski definition) is 6. The summed E-state index contributed by atoms with van der Waals surface area (Å²) >= 11 is 1.25. The molecule has 9 heteroatoms. The van der Waals surface area contributed by atoms with E-state index in [0.29, 0.717) is 29.5 Å². The van der Waals surface area contributed by atoms with Crippen LogP contribution in [-0.4, -0.2) is 51.9 Å². The number of carbonyl (C=O) groups excluding carboxylic acids is 1. The summed E-state index contributed by atoms with van der Waals surface area (Å²) in [6.45, 7) is 4.40. The molecule has 174 valence electrons. The number of carbonyl (C=O) groups is 1. The molecule has 0 radical (unpaired) electrons. The number of sulfonamides is 1. The third-order valence-corrected chi connectivity index (χ3v) is 9.12. The van der Waals surface area contributed by atoms with Crippen LogP contribution in [0.15, 0.2) is 70.8 Å². The minimum absolute atomic E-state index is 0.0131. The first-order valence-corrected chi connectivity index (χ1v) is 13.6. The zero-order valence-electron chi connectivity index (χ0n) is 18.9. The van der Waals surface area contributed by atoms with Crippen LogP contribution < -0.4 is 0 Å². The number of thioether (sulfide) groups is 1. The van der Waals surface area contributed by atoms with Crippen molar-refractivity contribution in [2.75, 3.05) is 18.8 Å². The van der Waals surface area contributed by atoms with Crippen molar-refractivity contribution in [3.05, 3.63) is 77.5 Å². The van der Waals surface area contributed by atoms with Gasteiger partial charge < -0.3 is 0 Å². The molecule has 0 fully saturated rings. The Morgan fingerprint density at radius 1 is 1.00 bits per heavy atom. The van der Waals surface area contributed by atoms with Crippen LogP contribution >= 0.6 is 11.8 Å². The molecule has 2 aromatic carbocycles. The van der Waals surface area contributed by atoms with Gasteiger partial charge in [-0.05, 0) is 46.9 Å². The van der Waals surface area contributed by atoms with E-state index < -0.39 is 10.0 Å². The smallest absolute Gasteiger partial charge is 0.244 e. The lowest BCUT2D eigenvalue weighted by molar-refractivity contribution is 0.102. The molecule has 2 heterocycles. The summed E-state index contributed by atoms with van der Waals surface area (Å²) in [4.78, 5) is 13.2. The molecular weight excluding hydrogens is 468 g/mol. The van der Waals surface area contributed by atoms with Crippen LogP contribution in [0.4, 0.5) is 0 Å². The fourth-order valence-corrected chi connectivity index (χ4v) is 6.59. The van der Waals surface area contributed by atoms with Crippen molar-refractivity contribution in [2.24, 2.45) is 0 Å². The van der Waals surface area contributed by atoms with E-state index in [1.54, 1.807) is 16.5 Å². The Balaban J connectivity index is 1.37. The lowest BCUT2D eigenvalue weighted by atomic mass is 10.0. The average molecular weight is 493 g/mol. The zero-order chi connectivity index (χ0) is 23.9. The van der Waals surface area contributed by atoms with E-state index in [1.807, 2.05) is 44.2 Å². The summed E-state index contributed by atoms with van der Waals surface area (Å²) < 4.78 is 28.9. The maximum absolute atomic E-state index is 13.0. The summed E-state index contributed by atoms with van der Waals surface area (Å²) in [5.74, 6) is 0.162. The third-order valence-electron chi connectivity index (χ3n) is 6.14. The Labute approximate surface area is 202 Å². The quantitative estimate of drug-likeness (QED) is 0.237. The van der Waals surface area contributed by atoms with Crippen molar-refractivity contribution >= 4 is 33.2 Å². The number of ketones is 1. The summed E-state index contributed by atoms with van der Waals surface area (Å²) in [6, 6.07) is 17.3. The van der Waals surface area contributed by atoms with Gasteiger partial charge >= 0.3 is 0 Å². The van der Waals surface area contributed by atoms with E-state index >= 15 is 0 Å². The highest BCUT2D eigenvalue weighted by Gasteiger charge is 2.23. The van der Waals surface area contributed by atoms with E-state index in [4.69, 9.17) is 0 Å². The molecule has 0 spiro atoms. The largest absolute Gasteiger partial charge is 0.293 e. The van der Waals surface area contributed by atoms with Gasteiger partial charge in [0.05, 0.1) is 10.6 Å². The molecule has 2 aromatic heterocycles. The molecule has 4 aromatic rings. The van der Waals surface area contributed by atoms with Crippen LogP contribution in [0, 0.1) is 0 Å². The van der Waals surface area contributed by atoms with Gasteiger partial charge in [0.15, 0.2) is 16.6 Å². The third kappa shape index (κ3) is 3.93. The van der Waals surface area contributed by atoms with E-state index in [2.05, 4.69) is 22.3 Å². The zero-order valence-corrected chi connectivity index (χ0v) is 20.6. The van der Waals surface area contributed by atoms with E-state index in [1.165, 1.54) is 39.0 Å². The molecule has 0 bridgehead atoms. The molecule has 34 heavy (non-hydrogen) atoms. The standard InChI is InChI=1S/C25H24N4O3S2/c1-3-28(4-2)34(31,32)20-11-12-24-26-27-25(29(24)15-20)33-16-23(30)19-10-9-18-13-17-7-5-6-8-21(17)22(18)14-19/h5-12,14-15H,3-4,13,16H2,1-2H3. The van der Waals surface area contributed by atoms with Crippen molar-refractivity contribution in [3.63, 3.8) is 0 Å². The fourth-order valence-electron chi connectivity index (χ4n) is 4.32. The predicted molar refractivity (Wildman–Crippen MR) is 133 cm³/mol. The van der Waals surface area contributed by atoms with Crippen molar-refractivity contribution < 1.29 is 13.2 Å². The number of rotatable bonds is 8. The molecule has 0 unspecified atom stereocenters. The van der Waals surface area contributed by atoms with E-state index in [9.17, 15) is 13.2 Å². The van der Waals surface area contributed by atoms with Crippen molar-refractivity contribution in [3.8, 4) is 11.1 Å². The lowest BCUT2D eigenvalue weighted by Gasteiger charge is -2.18. The van der Waals surface area contributed by atoms with Gasteiger partial charge in [-0.25, -0.2) is 8.42 Å². The average Bonchev–Trinajstić information content (AvgIpc) is 3.43. The molecule has 5 rings (SSSR count). The molecule has 7 nitrogen and oxygen atoms in total. The van der Waals surface area contributed by atoms with Gasteiger partial charge in [0.25, 0.3) is 0 Å². The van der Waals surface area contributed by atoms with Gasteiger partial charge in [-0.2, -0.15) is 4.31 Å². The molecule has 0 saturated heterocycles. The summed E-state index contributed by atoms with van der Waals surface area (Å²) in [7, 11) is -3.61. The Hall–Kier alpha value is -3.01. The van der Waals surface area contributed by atoms with Crippen LogP contribution in [0.3, 0.4) is 0 Å². The van der Waals surface area contributed by atoms with E-state index in [0.717, 1.165) is 12.0 Å². The van der Waals surface area contributed by atoms with Crippen LogP contribution in [0.2, 0.25) is 0 Å². The van der Waals surface area contributed by atoms with Crippen LogP contribution in [-0.2, 0) is 16.4 Å². The highest BCUT2D eigenvalue weighted by atomic mass is 32.2. The Bertz CT molecular complexity index is 1510. The van der Waals surface area contributed by atoms with Crippen molar-refractivity contribution in [2.45, 2.75) is 30.3 Å². The molecule has 0 N–H and O–H groups in total. The maximum Gasteiger partial charge on any atom is 0.244 e. The maximum atomic E-state index is 13.0. The molecule has 0 amide bonds. The Morgan fingerprint density at radius 3 is 2.56 bits per heavy atom. The SMILES string of the molecule is CCN(CC)S(=O)(=O)c1ccc2nnc(SCC(=O)c3ccc4c(c3)-c3ccccc3C4)n2c1. The summed E-state index contributed by atoms with van der Waals surface area (Å²) in [6.07, 6.45) is 2.42. The number of nitrogens with zero attached hydrogens (tertiary/aromatic N) is 4. The molecule has 0 saturated carbocycles. The normalized spacial score (nSPS) is 12.8. The topological polar surface area (TPSA) is 84.6 Å².